The first-order valence-corrected chi connectivity index (χ1v) is 8.50. The van der Waals surface area contributed by atoms with Crippen molar-refractivity contribution in [3.8, 4) is 0 Å². The summed E-state index contributed by atoms with van der Waals surface area (Å²) >= 11 is 0. The van der Waals surface area contributed by atoms with E-state index in [4.69, 9.17) is 0 Å². The molecule has 3 rings (SSSR count). The minimum absolute atomic E-state index is 0.152. The van der Waals surface area contributed by atoms with Gasteiger partial charge in [0, 0.05) is 30.6 Å². The van der Waals surface area contributed by atoms with Gasteiger partial charge < -0.3 is 5.32 Å². The number of nitrogens with zero attached hydrogens (tertiary/aromatic N) is 1. The van der Waals surface area contributed by atoms with Gasteiger partial charge in [-0.2, -0.15) is 13.2 Å². The van der Waals surface area contributed by atoms with Crippen LogP contribution in [0.4, 0.5) is 13.2 Å². The first kappa shape index (κ1) is 15.6. The van der Waals surface area contributed by atoms with Crippen molar-refractivity contribution in [1.29, 1.82) is 0 Å². The summed E-state index contributed by atoms with van der Waals surface area (Å²) in [6.07, 6.45) is 5.27. The molecule has 0 atom stereocenters. The number of hydrogen-bond acceptors (Lipinski definition) is 2. The maximum absolute atomic E-state index is 12.4. The molecule has 0 unspecified atom stereocenters. The summed E-state index contributed by atoms with van der Waals surface area (Å²) in [5.74, 6) is 0. The van der Waals surface area contributed by atoms with Crippen LogP contribution < -0.4 is 5.32 Å². The van der Waals surface area contributed by atoms with Crippen LogP contribution >= 0.6 is 0 Å². The Balaban J connectivity index is 1.65. The van der Waals surface area contributed by atoms with Crippen LogP contribution in [0.2, 0.25) is 0 Å². The van der Waals surface area contributed by atoms with Crippen molar-refractivity contribution in [1.82, 2.24) is 10.2 Å². The third-order valence-electron chi connectivity index (χ3n) is 5.94. The highest BCUT2D eigenvalue weighted by atomic mass is 19.4. The second-order valence-corrected chi connectivity index (χ2v) is 7.41. The van der Waals surface area contributed by atoms with Gasteiger partial charge in [0.15, 0.2) is 0 Å². The maximum atomic E-state index is 12.4. The predicted molar refractivity (Wildman–Crippen MR) is 77.3 cm³/mol. The molecular weight excluding hydrogens is 277 g/mol. The van der Waals surface area contributed by atoms with Crippen molar-refractivity contribution in [2.75, 3.05) is 19.6 Å². The van der Waals surface area contributed by atoms with Gasteiger partial charge in [-0.3, -0.25) is 4.90 Å². The molecule has 122 valence electrons. The zero-order valence-electron chi connectivity index (χ0n) is 12.8. The van der Waals surface area contributed by atoms with Gasteiger partial charge in [-0.1, -0.05) is 25.7 Å². The second-order valence-electron chi connectivity index (χ2n) is 7.41. The molecule has 0 bridgehead atoms. The summed E-state index contributed by atoms with van der Waals surface area (Å²) in [5.41, 5.74) is 0.353. The van der Waals surface area contributed by atoms with E-state index in [2.05, 4.69) is 10.2 Å². The molecule has 0 amide bonds. The highest BCUT2D eigenvalue weighted by Gasteiger charge is 2.49. The molecule has 2 nitrogen and oxygen atoms in total. The predicted octanol–water partition coefficient (Wildman–Crippen LogP) is 3.86. The van der Waals surface area contributed by atoms with Gasteiger partial charge in [-0.15, -0.1) is 0 Å². The van der Waals surface area contributed by atoms with Gasteiger partial charge in [0.1, 0.15) is 0 Å². The zero-order valence-corrected chi connectivity index (χ0v) is 12.8. The van der Waals surface area contributed by atoms with Gasteiger partial charge in [0.2, 0.25) is 0 Å². The molecule has 3 fully saturated rings. The van der Waals surface area contributed by atoms with E-state index in [1.54, 1.807) is 0 Å². The van der Waals surface area contributed by atoms with Crippen LogP contribution in [0.15, 0.2) is 0 Å². The van der Waals surface area contributed by atoms with Gasteiger partial charge in [-0.25, -0.2) is 0 Å². The smallest absolute Gasteiger partial charge is 0.308 e. The van der Waals surface area contributed by atoms with Crippen molar-refractivity contribution >= 4 is 0 Å². The molecule has 2 spiro atoms. The molecule has 0 radical (unpaired) electrons. The lowest BCUT2D eigenvalue weighted by Crippen LogP contribution is -2.68. The van der Waals surface area contributed by atoms with E-state index < -0.39 is 12.6 Å². The Morgan fingerprint density at radius 2 is 1.57 bits per heavy atom. The molecule has 3 aliphatic rings. The Kier molecular flexibility index (Phi) is 4.25. The quantitative estimate of drug-likeness (QED) is 0.852. The van der Waals surface area contributed by atoms with Crippen LogP contribution in [0.25, 0.3) is 0 Å². The maximum Gasteiger partial charge on any atom is 0.389 e. The average molecular weight is 304 g/mol. The number of piperazine rings is 1. The molecule has 1 aliphatic heterocycles. The summed E-state index contributed by atoms with van der Waals surface area (Å²) in [6, 6.07) is 0. The molecule has 1 heterocycles. The fraction of sp³-hybridized carbons (Fsp3) is 1.00. The molecule has 21 heavy (non-hydrogen) atoms. The molecule has 2 aliphatic carbocycles. The van der Waals surface area contributed by atoms with Crippen LogP contribution in [0.1, 0.15) is 64.2 Å². The van der Waals surface area contributed by atoms with Gasteiger partial charge >= 0.3 is 6.18 Å². The fourth-order valence-corrected chi connectivity index (χ4v) is 4.75. The van der Waals surface area contributed by atoms with Crippen molar-refractivity contribution in [2.24, 2.45) is 0 Å². The van der Waals surface area contributed by atoms with Crippen LogP contribution in [0.3, 0.4) is 0 Å². The van der Waals surface area contributed by atoms with Crippen LogP contribution in [-0.2, 0) is 0 Å². The normalized spacial score (nSPS) is 28.7. The Bertz CT molecular complexity index is 355. The Morgan fingerprint density at radius 1 is 0.952 bits per heavy atom. The molecule has 1 saturated heterocycles. The van der Waals surface area contributed by atoms with E-state index in [-0.39, 0.29) is 17.5 Å². The average Bonchev–Trinajstić information content (AvgIpc) is 3.03. The first-order valence-electron chi connectivity index (χ1n) is 8.50. The summed E-state index contributed by atoms with van der Waals surface area (Å²) < 4.78 is 37.3. The summed E-state index contributed by atoms with van der Waals surface area (Å²) in [5, 5.41) is 3.80. The summed E-state index contributed by atoms with van der Waals surface area (Å²) in [4.78, 5) is 2.44. The lowest BCUT2D eigenvalue weighted by molar-refractivity contribution is -0.137. The highest BCUT2D eigenvalue weighted by Crippen LogP contribution is 2.42. The van der Waals surface area contributed by atoms with Crippen LogP contribution in [0.5, 0.6) is 0 Å². The standard InChI is InChI=1S/C16H27F3N2/c17-16(18,19)10-5-11-21-13-14(6-1-2-7-14)20-12-15(21)8-3-4-9-15/h20H,1-13H2. The van der Waals surface area contributed by atoms with Gasteiger partial charge in [0.05, 0.1) is 0 Å². The number of halogens is 3. The SMILES string of the molecule is FC(F)(F)CCCN1CC2(CCCC2)NCC12CCCC2. The number of nitrogens with one attached hydrogen (secondary N) is 1. The van der Waals surface area contributed by atoms with Gasteiger partial charge in [0.25, 0.3) is 0 Å². The van der Waals surface area contributed by atoms with Crippen molar-refractivity contribution in [2.45, 2.75) is 81.5 Å². The van der Waals surface area contributed by atoms with Crippen molar-refractivity contribution in [3.05, 3.63) is 0 Å². The van der Waals surface area contributed by atoms with Crippen LogP contribution in [-0.4, -0.2) is 41.8 Å². The molecule has 0 aromatic heterocycles. The van der Waals surface area contributed by atoms with E-state index >= 15 is 0 Å². The number of hydrogen-bond donors (Lipinski definition) is 1. The Morgan fingerprint density at radius 3 is 2.19 bits per heavy atom. The van der Waals surface area contributed by atoms with Crippen LogP contribution in [0, 0.1) is 0 Å². The second kappa shape index (κ2) is 5.73. The monoisotopic (exact) mass is 304 g/mol. The lowest BCUT2D eigenvalue weighted by Gasteiger charge is -2.53. The van der Waals surface area contributed by atoms with Crippen molar-refractivity contribution < 1.29 is 13.2 Å². The first-order chi connectivity index (χ1) is 9.93. The highest BCUT2D eigenvalue weighted by molar-refractivity contribution is 5.08. The Hall–Kier alpha value is -0.290. The third-order valence-corrected chi connectivity index (χ3v) is 5.94. The fourth-order valence-electron chi connectivity index (χ4n) is 4.75. The molecule has 0 aromatic carbocycles. The minimum Gasteiger partial charge on any atom is -0.308 e. The summed E-state index contributed by atoms with van der Waals surface area (Å²) in [6.45, 7) is 2.56. The zero-order chi connectivity index (χ0) is 15.0. The topological polar surface area (TPSA) is 15.3 Å². The number of rotatable bonds is 3. The van der Waals surface area contributed by atoms with Gasteiger partial charge in [-0.05, 0) is 38.6 Å². The largest absolute Gasteiger partial charge is 0.389 e. The molecular formula is C16H27F3N2. The Labute approximate surface area is 125 Å². The molecule has 1 N–H and O–H groups in total. The molecule has 5 heteroatoms. The minimum atomic E-state index is -4.01. The summed E-state index contributed by atoms with van der Waals surface area (Å²) in [7, 11) is 0. The molecule has 2 saturated carbocycles. The van der Waals surface area contributed by atoms with E-state index in [1.165, 1.54) is 38.5 Å². The van der Waals surface area contributed by atoms with E-state index in [1.807, 2.05) is 0 Å². The lowest BCUT2D eigenvalue weighted by atomic mass is 9.84. The number of alkyl halides is 3. The van der Waals surface area contributed by atoms with E-state index in [0.717, 1.165) is 25.9 Å². The van der Waals surface area contributed by atoms with E-state index in [0.29, 0.717) is 6.54 Å². The van der Waals surface area contributed by atoms with E-state index in [9.17, 15) is 13.2 Å². The third kappa shape index (κ3) is 3.39. The van der Waals surface area contributed by atoms with Crippen molar-refractivity contribution in [3.63, 3.8) is 0 Å². The molecule has 0 aromatic rings.